The Morgan fingerprint density at radius 3 is 2.67 bits per heavy atom. The number of terminal acetylenes is 1. The Hall–Kier alpha value is -4.27. The number of hydrogen-bond acceptors (Lipinski definition) is 9. The number of pyridine rings is 1. The molecule has 2 aliphatic heterocycles. The predicted molar refractivity (Wildman–Crippen MR) is 167 cm³/mol. The van der Waals surface area contributed by atoms with Crippen molar-refractivity contribution in [3.05, 3.63) is 41.5 Å². The first-order valence-electron chi connectivity index (χ1n) is 15.4. The van der Waals surface area contributed by atoms with Crippen LogP contribution in [-0.2, 0) is 4.74 Å². The molecule has 7 rings (SSSR count). The number of anilines is 1. The Morgan fingerprint density at radius 2 is 1.89 bits per heavy atom. The lowest BCUT2D eigenvalue weighted by atomic mass is 9.76. The molecule has 1 N–H and O–H groups in total. The van der Waals surface area contributed by atoms with E-state index in [1.165, 1.54) is 31.4 Å². The standard InChI is InChI=1S/C34H35F2N5O4/c1-4-22-24(35)9-8-20-17-21(42)18-23(26(20)22)29-28(36)30-27(32(37-29)43-3)31(41-13-15-44-16-14-41)39-33(38-30)45-19-34-10-5-7-25(34)40(2)12-6-11-34/h1,8-9,17-18,25,42H,5-7,10-16,19H2,2-3H3/t25-,34-/m1/s1. The summed E-state index contributed by atoms with van der Waals surface area (Å²) in [5, 5.41) is 11.6. The molecule has 2 aromatic carbocycles. The number of aromatic hydroxyl groups is 1. The van der Waals surface area contributed by atoms with E-state index in [0.29, 0.717) is 50.2 Å². The zero-order valence-electron chi connectivity index (χ0n) is 25.4. The van der Waals surface area contributed by atoms with Gasteiger partial charge >= 0.3 is 6.01 Å². The Balaban J connectivity index is 1.42. The molecule has 2 atom stereocenters. The molecule has 3 aliphatic rings. The van der Waals surface area contributed by atoms with Gasteiger partial charge in [0.1, 0.15) is 34.0 Å². The second-order valence-corrected chi connectivity index (χ2v) is 12.2. The summed E-state index contributed by atoms with van der Waals surface area (Å²) >= 11 is 0. The van der Waals surface area contributed by atoms with Gasteiger partial charge in [0.25, 0.3) is 0 Å². The van der Waals surface area contributed by atoms with E-state index in [1.807, 2.05) is 4.90 Å². The van der Waals surface area contributed by atoms with Crippen molar-refractivity contribution in [1.29, 1.82) is 0 Å². The molecule has 9 nitrogen and oxygen atoms in total. The summed E-state index contributed by atoms with van der Waals surface area (Å²) in [4.78, 5) is 18.4. The number of ether oxygens (including phenoxy) is 3. The van der Waals surface area contributed by atoms with Gasteiger partial charge in [0, 0.05) is 35.5 Å². The van der Waals surface area contributed by atoms with Crippen LogP contribution in [0, 0.1) is 29.4 Å². The number of benzene rings is 2. The molecule has 0 unspecified atom stereocenters. The topological polar surface area (TPSA) is 93.1 Å². The van der Waals surface area contributed by atoms with Crippen molar-refractivity contribution in [2.45, 2.75) is 38.1 Å². The first kappa shape index (κ1) is 29.4. The van der Waals surface area contributed by atoms with Crippen LogP contribution in [0.25, 0.3) is 32.9 Å². The van der Waals surface area contributed by atoms with Crippen molar-refractivity contribution < 1.29 is 28.1 Å². The third-order valence-electron chi connectivity index (χ3n) is 9.73. The van der Waals surface area contributed by atoms with Gasteiger partial charge in [0.05, 0.1) is 32.5 Å². The van der Waals surface area contributed by atoms with E-state index in [2.05, 4.69) is 27.8 Å². The molecule has 0 bridgehead atoms. The molecule has 3 fully saturated rings. The number of rotatable bonds is 6. The number of phenols is 1. The average molecular weight is 616 g/mol. The normalized spacial score (nSPS) is 22.0. The minimum atomic E-state index is -0.791. The Morgan fingerprint density at radius 1 is 1.09 bits per heavy atom. The molecule has 4 aromatic rings. The zero-order valence-corrected chi connectivity index (χ0v) is 25.4. The summed E-state index contributed by atoms with van der Waals surface area (Å²) in [5.41, 5.74) is -0.211. The number of halogens is 2. The van der Waals surface area contributed by atoms with Crippen LogP contribution >= 0.6 is 0 Å². The lowest BCUT2D eigenvalue weighted by molar-refractivity contribution is 0.0133. The SMILES string of the molecule is C#Cc1c(F)ccc2cc(O)cc(-c3nc(OC)c4c(N5CCOCC5)nc(OC[C@]56CCC[C@H]5N(C)CCC6)nc4c3F)c12. The second-order valence-electron chi connectivity index (χ2n) is 12.2. The van der Waals surface area contributed by atoms with Crippen LogP contribution in [0.2, 0.25) is 0 Å². The minimum absolute atomic E-state index is 0.0136. The summed E-state index contributed by atoms with van der Waals surface area (Å²) < 4.78 is 49.5. The number of likely N-dealkylation sites (tertiary alicyclic amines) is 1. The maximum atomic E-state index is 16.9. The van der Waals surface area contributed by atoms with Crippen LogP contribution in [0.15, 0.2) is 24.3 Å². The monoisotopic (exact) mass is 615 g/mol. The van der Waals surface area contributed by atoms with Gasteiger partial charge in [-0.15, -0.1) is 6.42 Å². The fourth-order valence-corrected chi connectivity index (χ4v) is 7.64. The van der Waals surface area contributed by atoms with E-state index in [4.69, 9.17) is 25.6 Å². The van der Waals surface area contributed by atoms with Crippen LogP contribution in [0.1, 0.15) is 37.7 Å². The smallest absolute Gasteiger partial charge is 0.319 e. The molecule has 11 heteroatoms. The van der Waals surface area contributed by atoms with Crippen LogP contribution in [0.3, 0.4) is 0 Å². The highest BCUT2D eigenvalue weighted by Gasteiger charge is 2.47. The van der Waals surface area contributed by atoms with Crippen LogP contribution in [0.4, 0.5) is 14.6 Å². The predicted octanol–water partition coefficient (Wildman–Crippen LogP) is 5.30. The summed E-state index contributed by atoms with van der Waals surface area (Å²) in [6.07, 6.45) is 11.2. The van der Waals surface area contributed by atoms with Gasteiger partial charge < -0.3 is 29.1 Å². The molecule has 1 saturated carbocycles. The molecule has 0 spiro atoms. The van der Waals surface area contributed by atoms with Crippen molar-refractivity contribution in [3.8, 4) is 41.2 Å². The number of morpholine rings is 1. The average Bonchev–Trinajstić information content (AvgIpc) is 3.50. The van der Waals surface area contributed by atoms with E-state index >= 15 is 4.39 Å². The summed E-state index contributed by atoms with van der Waals surface area (Å²) in [7, 11) is 3.61. The Kier molecular flexibility index (Phi) is 7.58. The molecule has 234 valence electrons. The van der Waals surface area contributed by atoms with E-state index < -0.39 is 11.6 Å². The largest absolute Gasteiger partial charge is 0.508 e. The molecule has 4 heterocycles. The number of nitrogens with zero attached hydrogens (tertiary/aromatic N) is 5. The van der Waals surface area contributed by atoms with Crippen molar-refractivity contribution in [3.63, 3.8) is 0 Å². The molecule has 1 aliphatic carbocycles. The number of aromatic nitrogens is 3. The van der Waals surface area contributed by atoms with Crippen molar-refractivity contribution in [1.82, 2.24) is 19.9 Å². The summed E-state index contributed by atoms with van der Waals surface area (Å²) in [6, 6.07) is 5.94. The highest BCUT2D eigenvalue weighted by atomic mass is 19.1. The summed E-state index contributed by atoms with van der Waals surface area (Å²) in [5.74, 6) is 1.30. The Labute approximate surface area is 260 Å². The van der Waals surface area contributed by atoms with Crippen molar-refractivity contribution in [2.24, 2.45) is 5.41 Å². The lowest BCUT2D eigenvalue weighted by Crippen LogP contribution is -2.50. The molecular formula is C34H35F2N5O4. The minimum Gasteiger partial charge on any atom is -0.508 e. The van der Waals surface area contributed by atoms with Gasteiger partial charge in [-0.05, 0) is 62.9 Å². The highest BCUT2D eigenvalue weighted by molar-refractivity contribution is 6.04. The number of phenolic OH excluding ortho intramolecular Hbond substituents is 1. The van der Waals surface area contributed by atoms with Gasteiger partial charge in [-0.2, -0.15) is 9.97 Å². The quantitative estimate of drug-likeness (QED) is 0.290. The number of methoxy groups -OCH3 is 1. The highest BCUT2D eigenvalue weighted by Crippen LogP contribution is 2.48. The molecule has 45 heavy (non-hydrogen) atoms. The van der Waals surface area contributed by atoms with Crippen LogP contribution in [-0.4, -0.2) is 84.6 Å². The molecule has 2 aromatic heterocycles. The first-order chi connectivity index (χ1) is 21.8. The number of fused-ring (bicyclic) bond motifs is 3. The Bertz CT molecular complexity index is 1840. The van der Waals surface area contributed by atoms with Gasteiger partial charge in [0.15, 0.2) is 5.82 Å². The van der Waals surface area contributed by atoms with Crippen LogP contribution < -0.4 is 14.4 Å². The lowest BCUT2D eigenvalue weighted by Gasteiger charge is -2.44. The number of hydrogen-bond donors (Lipinski definition) is 1. The fraction of sp³-hybridized carbons (Fsp3) is 0.441. The molecule has 2 saturated heterocycles. The van der Waals surface area contributed by atoms with E-state index in [0.717, 1.165) is 38.6 Å². The van der Waals surface area contributed by atoms with Gasteiger partial charge in [-0.25, -0.2) is 13.8 Å². The van der Waals surface area contributed by atoms with Crippen molar-refractivity contribution >= 4 is 27.5 Å². The zero-order chi connectivity index (χ0) is 31.3. The van der Waals surface area contributed by atoms with Gasteiger partial charge in [0.2, 0.25) is 5.88 Å². The van der Waals surface area contributed by atoms with E-state index in [9.17, 15) is 9.50 Å². The maximum absolute atomic E-state index is 16.9. The molecular weight excluding hydrogens is 580 g/mol. The molecule has 0 radical (unpaired) electrons. The maximum Gasteiger partial charge on any atom is 0.319 e. The first-order valence-corrected chi connectivity index (χ1v) is 15.4. The van der Waals surface area contributed by atoms with Crippen molar-refractivity contribution in [2.75, 3.05) is 58.5 Å². The third-order valence-corrected chi connectivity index (χ3v) is 9.73. The molecule has 0 amide bonds. The van der Waals surface area contributed by atoms with E-state index in [-0.39, 0.29) is 56.2 Å². The van der Waals surface area contributed by atoms with Gasteiger partial charge in [-0.1, -0.05) is 18.4 Å². The van der Waals surface area contributed by atoms with Gasteiger partial charge in [-0.3, -0.25) is 0 Å². The number of piperidine rings is 1. The van der Waals surface area contributed by atoms with E-state index in [1.54, 1.807) is 0 Å². The van der Waals surface area contributed by atoms with Crippen LogP contribution in [0.5, 0.6) is 17.6 Å². The fourth-order valence-electron chi connectivity index (χ4n) is 7.64. The second kappa shape index (κ2) is 11.6. The third kappa shape index (κ3) is 4.96. The summed E-state index contributed by atoms with van der Waals surface area (Å²) in [6.45, 7) is 3.49.